The normalized spacial score (nSPS) is 39.0. The second kappa shape index (κ2) is 15.4. The SMILES string of the molecule is CC.CC.CC1C=CC(C(C)CCC(=O)O)C2CC=C3C(C(C)CC4CC(O)CCC34C)C12.CCC. The first-order valence-electron chi connectivity index (χ1n) is 15.4. The molecule has 0 radical (unpaired) electrons. The fourth-order valence-corrected chi connectivity index (χ4v) is 7.90. The molecule has 3 heteroatoms. The molecule has 10 atom stereocenters. The highest BCUT2D eigenvalue weighted by atomic mass is 16.4. The van der Waals surface area contributed by atoms with Crippen LogP contribution in [0, 0.1) is 52.8 Å². The quantitative estimate of drug-likeness (QED) is 0.375. The van der Waals surface area contributed by atoms with E-state index < -0.39 is 5.97 Å². The molecule has 0 aromatic rings. The lowest BCUT2D eigenvalue weighted by atomic mass is 9.45. The summed E-state index contributed by atoms with van der Waals surface area (Å²) >= 11 is 0. The molecular weight excluding hydrogens is 444 g/mol. The Morgan fingerprint density at radius 1 is 1.11 bits per heavy atom. The van der Waals surface area contributed by atoms with Gasteiger partial charge in [0.1, 0.15) is 0 Å². The van der Waals surface area contributed by atoms with Crippen LogP contribution in [0.5, 0.6) is 0 Å². The molecule has 0 bridgehead atoms. The minimum Gasteiger partial charge on any atom is -0.481 e. The number of hydrogen-bond donors (Lipinski definition) is 2. The minimum atomic E-state index is -0.674. The van der Waals surface area contributed by atoms with Gasteiger partial charge in [-0.1, -0.05) is 99.5 Å². The lowest BCUT2D eigenvalue weighted by molar-refractivity contribution is -0.137. The van der Waals surface area contributed by atoms with Crippen LogP contribution in [0.1, 0.15) is 121 Å². The van der Waals surface area contributed by atoms with Gasteiger partial charge in [0, 0.05) is 6.42 Å². The van der Waals surface area contributed by atoms with Crippen molar-refractivity contribution in [2.45, 2.75) is 127 Å². The molecule has 0 aromatic heterocycles. The molecule has 4 aliphatic rings. The van der Waals surface area contributed by atoms with Gasteiger partial charge >= 0.3 is 5.97 Å². The summed E-state index contributed by atoms with van der Waals surface area (Å²) in [5.41, 5.74) is 1.99. The van der Waals surface area contributed by atoms with Crippen LogP contribution < -0.4 is 0 Å². The van der Waals surface area contributed by atoms with E-state index in [9.17, 15) is 9.90 Å². The molecule has 3 nitrogen and oxygen atoms in total. The highest BCUT2D eigenvalue weighted by Crippen LogP contribution is 2.63. The number of carbonyl (C=O) groups is 1. The van der Waals surface area contributed by atoms with Crippen molar-refractivity contribution in [1.29, 1.82) is 0 Å². The monoisotopic (exact) mass is 504 g/mol. The van der Waals surface area contributed by atoms with Crippen LogP contribution in [0.4, 0.5) is 0 Å². The average molecular weight is 505 g/mol. The van der Waals surface area contributed by atoms with Gasteiger partial charge in [0.2, 0.25) is 0 Å². The van der Waals surface area contributed by atoms with Crippen LogP contribution in [0.25, 0.3) is 0 Å². The molecule has 0 aromatic carbocycles. The third kappa shape index (κ3) is 7.27. The molecule has 2 N–H and O–H groups in total. The van der Waals surface area contributed by atoms with Crippen LogP contribution >= 0.6 is 0 Å². The Balaban J connectivity index is 0.000000844. The first kappa shape index (κ1) is 32.9. The Hall–Kier alpha value is -1.09. The van der Waals surface area contributed by atoms with Gasteiger partial charge in [0.15, 0.2) is 0 Å². The van der Waals surface area contributed by atoms with Crippen molar-refractivity contribution in [3.8, 4) is 0 Å². The number of hydrogen-bond acceptors (Lipinski definition) is 2. The second-order valence-corrected chi connectivity index (χ2v) is 11.9. The zero-order valence-electron chi connectivity index (χ0n) is 25.4. The summed E-state index contributed by atoms with van der Waals surface area (Å²) in [5.74, 6) is 4.10. The van der Waals surface area contributed by atoms with E-state index in [1.165, 1.54) is 12.8 Å². The number of carboxylic acid groups (broad SMARTS) is 1. The maximum atomic E-state index is 11.1. The summed E-state index contributed by atoms with van der Waals surface area (Å²) < 4.78 is 0. The maximum Gasteiger partial charge on any atom is 0.303 e. The predicted octanol–water partition coefficient (Wildman–Crippen LogP) is 9.16. The van der Waals surface area contributed by atoms with Gasteiger partial charge in [-0.2, -0.15) is 0 Å². The molecule has 0 amide bonds. The zero-order valence-corrected chi connectivity index (χ0v) is 25.4. The Kier molecular flexibility index (Phi) is 14.0. The summed E-state index contributed by atoms with van der Waals surface area (Å²) in [6.45, 7) is 21.9. The Labute approximate surface area is 224 Å². The van der Waals surface area contributed by atoms with E-state index in [4.69, 9.17) is 5.11 Å². The summed E-state index contributed by atoms with van der Waals surface area (Å²) in [5, 5.41) is 19.4. The first-order valence-corrected chi connectivity index (χ1v) is 15.4. The number of aliphatic hydroxyl groups is 1. The number of carboxylic acids is 1. The van der Waals surface area contributed by atoms with E-state index in [1.807, 2.05) is 27.7 Å². The van der Waals surface area contributed by atoms with Crippen molar-refractivity contribution < 1.29 is 15.0 Å². The van der Waals surface area contributed by atoms with Gasteiger partial charge in [0.25, 0.3) is 0 Å². The van der Waals surface area contributed by atoms with Crippen LogP contribution in [0.2, 0.25) is 0 Å². The molecule has 0 spiro atoms. The summed E-state index contributed by atoms with van der Waals surface area (Å²) in [6.07, 6.45) is 15.1. The summed E-state index contributed by atoms with van der Waals surface area (Å²) in [6, 6.07) is 0. The average Bonchev–Trinajstić information content (AvgIpc) is 2.87. The fourth-order valence-electron chi connectivity index (χ4n) is 7.90. The highest BCUT2D eigenvalue weighted by Gasteiger charge is 2.55. The molecule has 0 saturated heterocycles. The van der Waals surface area contributed by atoms with Crippen molar-refractivity contribution in [2.24, 2.45) is 52.8 Å². The van der Waals surface area contributed by atoms with Crippen LogP contribution in [-0.4, -0.2) is 22.3 Å². The van der Waals surface area contributed by atoms with Gasteiger partial charge < -0.3 is 10.2 Å². The molecule has 4 aliphatic carbocycles. The number of rotatable bonds is 4. The van der Waals surface area contributed by atoms with E-state index in [-0.39, 0.29) is 17.9 Å². The third-order valence-electron chi connectivity index (χ3n) is 9.47. The molecule has 36 heavy (non-hydrogen) atoms. The van der Waals surface area contributed by atoms with Gasteiger partial charge in [0.05, 0.1) is 6.10 Å². The number of aliphatic hydroxyl groups excluding tert-OH is 1. The topological polar surface area (TPSA) is 57.5 Å². The lowest BCUT2D eigenvalue weighted by Gasteiger charge is -2.59. The lowest BCUT2D eigenvalue weighted by Crippen LogP contribution is -2.52. The molecule has 10 unspecified atom stereocenters. The van der Waals surface area contributed by atoms with Crippen molar-refractivity contribution >= 4 is 5.97 Å². The van der Waals surface area contributed by atoms with Crippen molar-refractivity contribution in [3.05, 3.63) is 23.8 Å². The zero-order chi connectivity index (χ0) is 27.6. The predicted molar refractivity (Wildman–Crippen MR) is 155 cm³/mol. The first-order chi connectivity index (χ1) is 17.1. The van der Waals surface area contributed by atoms with Gasteiger partial charge in [-0.15, -0.1) is 0 Å². The van der Waals surface area contributed by atoms with Crippen molar-refractivity contribution in [2.75, 3.05) is 0 Å². The number of aliphatic carboxylic acids is 1. The van der Waals surface area contributed by atoms with Gasteiger partial charge in [-0.25, -0.2) is 0 Å². The van der Waals surface area contributed by atoms with E-state index in [0.717, 1.165) is 32.1 Å². The van der Waals surface area contributed by atoms with Crippen LogP contribution in [0.15, 0.2) is 23.8 Å². The molecular formula is C33H60O3. The van der Waals surface area contributed by atoms with Crippen molar-refractivity contribution in [3.63, 3.8) is 0 Å². The Morgan fingerprint density at radius 2 is 1.72 bits per heavy atom. The maximum absolute atomic E-state index is 11.1. The molecule has 210 valence electrons. The molecule has 2 fully saturated rings. The van der Waals surface area contributed by atoms with Crippen LogP contribution in [-0.2, 0) is 4.79 Å². The van der Waals surface area contributed by atoms with E-state index in [1.54, 1.807) is 5.57 Å². The van der Waals surface area contributed by atoms with E-state index in [0.29, 0.717) is 47.3 Å². The highest BCUT2D eigenvalue weighted by molar-refractivity contribution is 5.66. The smallest absolute Gasteiger partial charge is 0.303 e. The Morgan fingerprint density at radius 3 is 2.31 bits per heavy atom. The number of fused-ring (bicyclic) bond motifs is 5. The second-order valence-electron chi connectivity index (χ2n) is 11.9. The summed E-state index contributed by atoms with van der Waals surface area (Å²) in [4.78, 5) is 11.1. The fraction of sp³-hybridized carbons (Fsp3) is 0.848. The molecule has 0 aliphatic heterocycles. The summed E-state index contributed by atoms with van der Waals surface area (Å²) in [7, 11) is 0. The standard InChI is InChI=1S/C26H40O3.C3H8.2C2H6/c1-15(6-10-23(28)29)20-7-5-16(2)24-21(20)8-9-22-25(24)17(3)13-18-14-19(27)11-12-26(18,22)4;1-3-2;2*1-2/h5,7,9,15-21,24-25,27H,6,8,10-14H2,1-4H3,(H,28,29);3H2,1-2H3;2*1-2H3. The molecule has 0 heterocycles. The van der Waals surface area contributed by atoms with Crippen LogP contribution in [0.3, 0.4) is 0 Å². The van der Waals surface area contributed by atoms with Gasteiger partial charge in [-0.3, -0.25) is 4.79 Å². The third-order valence-corrected chi connectivity index (χ3v) is 9.47. The molecule has 4 rings (SSSR count). The minimum absolute atomic E-state index is 0.107. The van der Waals surface area contributed by atoms with Crippen molar-refractivity contribution in [1.82, 2.24) is 0 Å². The largest absolute Gasteiger partial charge is 0.481 e. The van der Waals surface area contributed by atoms with E-state index >= 15 is 0 Å². The van der Waals surface area contributed by atoms with E-state index in [2.05, 4.69) is 59.8 Å². The molecule has 2 saturated carbocycles. The van der Waals surface area contributed by atoms with Gasteiger partial charge in [-0.05, 0) is 91.3 Å². The Bertz CT molecular complexity index is 710. The number of allylic oxidation sites excluding steroid dienone is 4.